The first-order valence-corrected chi connectivity index (χ1v) is 5.33. The molecular weight excluding hydrogens is 180 g/mol. The number of carbonyl (C=O) groups excluding carboxylic acids is 2. The van der Waals surface area contributed by atoms with Crippen LogP contribution < -0.4 is 0 Å². The number of hydrogen-bond acceptors (Lipinski definition) is 3. The summed E-state index contributed by atoms with van der Waals surface area (Å²) in [6, 6.07) is 0. The molecule has 1 unspecified atom stereocenters. The average molecular weight is 198 g/mol. The molecule has 0 amide bonds. The van der Waals surface area contributed by atoms with E-state index in [9.17, 15) is 9.59 Å². The average Bonchev–Trinajstić information content (AvgIpc) is 2.12. The van der Waals surface area contributed by atoms with Gasteiger partial charge in [-0.05, 0) is 31.6 Å². The van der Waals surface area contributed by atoms with Gasteiger partial charge in [0.2, 0.25) is 0 Å². The van der Waals surface area contributed by atoms with Crippen molar-refractivity contribution in [1.82, 2.24) is 0 Å². The van der Waals surface area contributed by atoms with Crippen molar-refractivity contribution in [3.8, 4) is 0 Å². The zero-order valence-electron chi connectivity index (χ0n) is 8.75. The summed E-state index contributed by atoms with van der Waals surface area (Å²) in [4.78, 5) is 21.6. The highest BCUT2D eigenvalue weighted by molar-refractivity contribution is 5.79. The van der Waals surface area contributed by atoms with Gasteiger partial charge in [0.1, 0.15) is 5.78 Å². The van der Waals surface area contributed by atoms with Crippen LogP contribution in [0.1, 0.15) is 45.4 Å². The molecule has 0 heterocycles. The van der Waals surface area contributed by atoms with Crippen LogP contribution in [0.4, 0.5) is 0 Å². The zero-order valence-corrected chi connectivity index (χ0v) is 8.75. The summed E-state index contributed by atoms with van der Waals surface area (Å²) in [5, 5.41) is 0. The van der Waals surface area contributed by atoms with E-state index >= 15 is 0 Å². The number of hydrogen-bond donors (Lipinski definition) is 0. The van der Waals surface area contributed by atoms with E-state index < -0.39 is 0 Å². The minimum atomic E-state index is -0.218. The van der Waals surface area contributed by atoms with Crippen LogP contribution >= 0.6 is 0 Å². The summed E-state index contributed by atoms with van der Waals surface area (Å²) >= 11 is 0. The smallest absolute Gasteiger partial charge is 0.302 e. The number of ketones is 1. The van der Waals surface area contributed by atoms with Gasteiger partial charge in [0.15, 0.2) is 0 Å². The Labute approximate surface area is 84.8 Å². The summed E-state index contributed by atoms with van der Waals surface area (Å²) < 4.78 is 4.84. The lowest BCUT2D eigenvalue weighted by molar-refractivity contribution is -0.141. The van der Waals surface area contributed by atoms with Gasteiger partial charge >= 0.3 is 5.97 Å². The van der Waals surface area contributed by atoms with Crippen molar-refractivity contribution in [1.29, 1.82) is 0 Å². The Kier molecular flexibility index (Phi) is 4.63. The second-order valence-corrected chi connectivity index (χ2v) is 3.98. The highest BCUT2D eigenvalue weighted by Gasteiger charge is 2.18. The molecule has 0 spiro atoms. The van der Waals surface area contributed by atoms with Crippen molar-refractivity contribution in [2.24, 2.45) is 5.92 Å². The molecule has 0 aromatic carbocycles. The molecule has 1 saturated carbocycles. The highest BCUT2D eigenvalue weighted by Crippen LogP contribution is 2.25. The molecule has 3 nitrogen and oxygen atoms in total. The molecule has 1 fully saturated rings. The maximum absolute atomic E-state index is 11.1. The molecule has 0 saturated heterocycles. The van der Waals surface area contributed by atoms with Crippen molar-refractivity contribution in [3.63, 3.8) is 0 Å². The van der Waals surface area contributed by atoms with E-state index in [1.54, 1.807) is 0 Å². The van der Waals surface area contributed by atoms with Crippen LogP contribution in [0.25, 0.3) is 0 Å². The molecule has 1 aliphatic carbocycles. The van der Waals surface area contributed by atoms with E-state index in [4.69, 9.17) is 4.74 Å². The van der Waals surface area contributed by atoms with Crippen molar-refractivity contribution in [3.05, 3.63) is 0 Å². The number of rotatable bonds is 4. The molecule has 0 aromatic rings. The Morgan fingerprint density at radius 3 is 3.00 bits per heavy atom. The molecule has 0 N–H and O–H groups in total. The Bertz CT molecular complexity index is 211. The summed E-state index contributed by atoms with van der Waals surface area (Å²) in [6.07, 6.45) is 5.60. The second kappa shape index (κ2) is 5.78. The summed E-state index contributed by atoms with van der Waals surface area (Å²) in [7, 11) is 0. The van der Waals surface area contributed by atoms with Gasteiger partial charge in [0.05, 0.1) is 6.61 Å². The Morgan fingerprint density at radius 1 is 1.57 bits per heavy atom. The predicted octanol–water partition coefficient (Wildman–Crippen LogP) is 2.09. The third-order valence-electron chi connectivity index (χ3n) is 2.65. The first-order valence-electron chi connectivity index (χ1n) is 5.33. The van der Waals surface area contributed by atoms with E-state index in [2.05, 4.69) is 0 Å². The second-order valence-electron chi connectivity index (χ2n) is 3.98. The fourth-order valence-corrected chi connectivity index (χ4v) is 1.95. The van der Waals surface area contributed by atoms with Gasteiger partial charge in [0.25, 0.3) is 0 Å². The van der Waals surface area contributed by atoms with Crippen molar-refractivity contribution >= 4 is 11.8 Å². The van der Waals surface area contributed by atoms with Gasteiger partial charge in [-0.15, -0.1) is 0 Å². The zero-order chi connectivity index (χ0) is 10.4. The quantitative estimate of drug-likeness (QED) is 0.513. The lowest BCUT2D eigenvalue weighted by atomic mass is 9.85. The molecule has 0 radical (unpaired) electrons. The van der Waals surface area contributed by atoms with Crippen LogP contribution in [0, 0.1) is 5.92 Å². The third-order valence-corrected chi connectivity index (χ3v) is 2.65. The van der Waals surface area contributed by atoms with E-state index in [-0.39, 0.29) is 5.97 Å². The fraction of sp³-hybridized carbons (Fsp3) is 0.818. The molecule has 3 heteroatoms. The normalized spacial score (nSPS) is 22.1. The Morgan fingerprint density at radius 2 is 2.36 bits per heavy atom. The van der Waals surface area contributed by atoms with E-state index in [0.717, 1.165) is 38.5 Å². The summed E-state index contributed by atoms with van der Waals surface area (Å²) in [6.45, 7) is 1.92. The molecule has 0 aliphatic heterocycles. The van der Waals surface area contributed by atoms with E-state index in [1.165, 1.54) is 6.92 Å². The number of esters is 1. The standard InChI is InChI=1S/C11H18O3/c1-9(12)14-7-3-5-10-4-2-6-11(13)8-10/h10H,2-8H2,1H3. The topological polar surface area (TPSA) is 43.4 Å². The maximum atomic E-state index is 11.1. The maximum Gasteiger partial charge on any atom is 0.302 e. The Hall–Kier alpha value is -0.860. The van der Waals surface area contributed by atoms with Crippen molar-refractivity contribution < 1.29 is 14.3 Å². The number of Topliss-reactive ketones (excluding diaryl/α,β-unsaturated/α-hetero) is 1. The third kappa shape index (κ3) is 4.40. The van der Waals surface area contributed by atoms with Gasteiger partial charge < -0.3 is 4.74 Å². The summed E-state index contributed by atoms with van der Waals surface area (Å²) in [5.74, 6) is 0.713. The van der Waals surface area contributed by atoms with Gasteiger partial charge in [-0.1, -0.05) is 0 Å². The van der Waals surface area contributed by atoms with Crippen molar-refractivity contribution in [2.75, 3.05) is 6.61 Å². The largest absolute Gasteiger partial charge is 0.466 e. The van der Waals surface area contributed by atoms with Crippen LogP contribution in [-0.4, -0.2) is 18.4 Å². The first kappa shape index (κ1) is 11.2. The van der Waals surface area contributed by atoms with Gasteiger partial charge in [-0.3, -0.25) is 9.59 Å². The van der Waals surface area contributed by atoms with Crippen LogP contribution in [-0.2, 0) is 14.3 Å². The molecule has 14 heavy (non-hydrogen) atoms. The Balaban J connectivity index is 2.06. The molecule has 80 valence electrons. The molecule has 1 rings (SSSR count). The molecule has 0 aromatic heterocycles. The molecular formula is C11H18O3. The SMILES string of the molecule is CC(=O)OCCCC1CCCC(=O)C1. The molecule has 1 aliphatic rings. The monoisotopic (exact) mass is 198 g/mol. The van der Waals surface area contributed by atoms with E-state index in [0.29, 0.717) is 18.3 Å². The van der Waals surface area contributed by atoms with Crippen LogP contribution in [0.15, 0.2) is 0 Å². The lowest BCUT2D eigenvalue weighted by Gasteiger charge is -2.20. The lowest BCUT2D eigenvalue weighted by Crippen LogP contribution is -2.15. The summed E-state index contributed by atoms with van der Waals surface area (Å²) in [5.41, 5.74) is 0. The predicted molar refractivity (Wildman–Crippen MR) is 52.8 cm³/mol. The van der Waals surface area contributed by atoms with Crippen LogP contribution in [0.3, 0.4) is 0 Å². The van der Waals surface area contributed by atoms with Gasteiger partial charge in [-0.25, -0.2) is 0 Å². The number of ether oxygens (including phenoxy) is 1. The number of carbonyl (C=O) groups is 2. The van der Waals surface area contributed by atoms with Crippen LogP contribution in [0.2, 0.25) is 0 Å². The first-order chi connectivity index (χ1) is 6.68. The van der Waals surface area contributed by atoms with Gasteiger partial charge in [0, 0.05) is 19.8 Å². The minimum Gasteiger partial charge on any atom is -0.466 e. The molecule has 0 bridgehead atoms. The van der Waals surface area contributed by atoms with Gasteiger partial charge in [-0.2, -0.15) is 0 Å². The van der Waals surface area contributed by atoms with E-state index in [1.807, 2.05) is 0 Å². The highest BCUT2D eigenvalue weighted by atomic mass is 16.5. The minimum absolute atomic E-state index is 0.218. The van der Waals surface area contributed by atoms with Crippen LogP contribution in [0.5, 0.6) is 0 Å². The van der Waals surface area contributed by atoms with Crippen molar-refractivity contribution in [2.45, 2.75) is 45.4 Å². The molecule has 1 atom stereocenters. The fourth-order valence-electron chi connectivity index (χ4n) is 1.95.